The molecule has 1 aliphatic heterocycles. The van der Waals surface area contributed by atoms with E-state index in [9.17, 15) is 24.3 Å². The summed E-state index contributed by atoms with van der Waals surface area (Å²) in [6.07, 6.45) is 0.632. The molecule has 1 saturated heterocycles. The molecule has 9 nitrogen and oxygen atoms in total. The molecule has 0 aliphatic carbocycles. The Balaban J connectivity index is 1.82. The first-order chi connectivity index (χ1) is 14.7. The summed E-state index contributed by atoms with van der Waals surface area (Å²) >= 11 is 5.95. The Hall–Kier alpha value is -3.44. The predicted octanol–water partition coefficient (Wildman–Crippen LogP) is 2.86. The number of thiocarbonyl (C=S) groups is 1. The highest BCUT2D eigenvalue weighted by Gasteiger charge is 2.41. The zero-order valence-corrected chi connectivity index (χ0v) is 17.6. The number of ether oxygens (including phenoxy) is 1. The lowest BCUT2D eigenvalue weighted by atomic mass is 10.1. The smallest absolute Gasteiger partial charge is 0.337 e. The monoisotopic (exact) mass is 461 g/mol. The Labute approximate surface area is 185 Å². The molecule has 1 atom stereocenters. The van der Waals surface area contributed by atoms with E-state index in [1.165, 1.54) is 13.2 Å². The molecule has 11 heteroatoms. The normalized spacial score (nSPS) is 15.9. The third-order valence-corrected chi connectivity index (χ3v) is 5.61. The van der Waals surface area contributed by atoms with Gasteiger partial charge in [-0.05, 0) is 24.3 Å². The highest BCUT2D eigenvalue weighted by atomic mass is 32.2. The van der Waals surface area contributed by atoms with Gasteiger partial charge < -0.3 is 19.4 Å². The number of thioether (sulfide) groups is 1. The Morgan fingerprint density at radius 2 is 1.87 bits per heavy atom. The van der Waals surface area contributed by atoms with Gasteiger partial charge in [0.25, 0.3) is 5.91 Å². The fourth-order valence-electron chi connectivity index (χ4n) is 2.81. The van der Waals surface area contributed by atoms with Crippen molar-refractivity contribution in [1.82, 2.24) is 4.90 Å². The summed E-state index contributed by atoms with van der Waals surface area (Å²) in [5, 5.41) is 18.2. The number of furan rings is 1. The number of hydrogen-bond donors (Lipinski definition) is 2. The quantitative estimate of drug-likeness (QED) is 0.360. The van der Waals surface area contributed by atoms with Crippen molar-refractivity contribution in [2.45, 2.75) is 12.5 Å². The van der Waals surface area contributed by atoms with Crippen LogP contribution >= 0.6 is 24.0 Å². The molecule has 1 fully saturated rings. The van der Waals surface area contributed by atoms with E-state index in [1.807, 2.05) is 0 Å². The SMILES string of the molecule is COC(=O)c1ccc(-c2ccc(/C=C3\SC(=S)N(C(CC(=O)O)C(=O)O)C3=O)o2)cc1. The van der Waals surface area contributed by atoms with Crippen LogP contribution in [0.5, 0.6) is 0 Å². The summed E-state index contributed by atoms with van der Waals surface area (Å²) in [4.78, 5) is 47.5. The maximum atomic E-state index is 12.7. The number of nitrogens with zero attached hydrogens (tertiary/aromatic N) is 1. The van der Waals surface area contributed by atoms with E-state index in [4.69, 9.17) is 21.7 Å². The standard InChI is InChI=1S/C20H15NO8S2/c1-28-19(27)11-4-2-10(3-5-11)14-7-6-12(29-14)8-15-17(24)21(20(30)31-15)13(18(25)26)9-16(22)23/h2-8,13H,9H2,1H3,(H,22,23)(H,25,26)/b15-8-. The van der Waals surface area contributed by atoms with Gasteiger partial charge in [-0.15, -0.1) is 0 Å². The van der Waals surface area contributed by atoms with Gasteiger partial charge in [0.2, 0.25) is 0 Å². The van der Waals surface area contributed by atoms with E-state index in [2.05, 4.69) is 4.74 Å². The first kappa shape index (κ1) is 22.2. The van der Waals surface area contributed by atoms with Crippen LogP contribution in [0.25, 0.3) is 17.4 Å². The van der Waals surface area contributed by atoms with Crippen LogP contribution < -0.4 is 0 Å². The molecule has 2 heterocycles. The molecule has 1 aromatic heterocycles. The van der Waals surface area contributed by atoms with Crippen molar-refractivity contribution < 1.29 is 38.5 Å². The lowest BCUT2D eigenvalue weighted by Gasteiger charge is -2.21. The van der Waals surface area contributed by atoms with Gasteiger partial charge in [-0.3, -0.25) is 14.5 Å². The third-order valence-electron chi connectivity index (χ3n) is 4.28. The molecule has 0 bridgehead atoms. The molecular formula is C20H15NO8S2. The topological polar surface area (TPSA) is 134 Å². The van der Waals surface area contributed by atoms with Crippen molar-refractivity contribution >= 4 is 58.2 Å². The summed E-state index contributed by atoms with van der Waals surface area (Å²) < 4.78 is 10.3. The molecule has 3 rings (SSSR count). The zero-order chi connectivity index (χ0) is 22.7. The Morgan fingerprint density at radius 1 is 1.19 bits per heavy atom. The maximum Gasteiger partial charge on any atom is 0.337 e. The van der Waals surface area contributed by atoms with Crippen LogP contribution in [0.4, 0.5) is 0 Å². The fourth-order valence-corrected chi connectivity index (χ4v) is 4.14. The Morgan fingerprint density at radius 3 is 2.45 bits per heavy atom. The molecule has 0 radical (unpaired) electrons. The number of hydrogen-bond acceptors (Lipinski definition) is 8. The second kappa shape index (κ2) is 9.14. The van der Waals surface area contributed by atoms with Gasteiger partial charge in [-0.25, -0.2) is 9.59 Å². The van der Waals surface area contributed by atoms with Crippen LogP contribution in [0, 0.1) is 0 Å². The van der Waals surface area contributed by atoms with Crippen molar-refractivity contribution in [3.05, 3.63) is 52.6 Å². The molecular weight excluding hydrogens is 446 g/mol. The van der Waals surface area contributed by atoms with Gasteiger partial charge in [-0.2, -0.15) is 0 Å². The average molecular weight is 461 g/mol. The van der Waals surface area contributed by atoms with Crippen LogP contribution in [-0.4, -0.2) is 56.4 Å². The van der Waals surface area contributed by atoms with E-state index in [-0.39, 0.29) is 9.23 Å². The van der Waals surface area contributed by atoms with Crippen molar-refractivity contribution in [2.24, 2.45) is 0 Å². The summed E-state index contributed by atoms with van der Waals surface area (Å²) in [5.41, 5.74) is 1.07. The highest BCUT2D eigenvalue weighted by Crippen LogP contribution is 2.35. The van der Waals surface area contributed by atoms with Gasteiger partial charge in [0.05, 0.1) is 24.0 Å². The van der Waals surface area contributed by atoms with E-state index in [0.717, 1.165) is 16.7 Å². The number of methoxy groups -OCH3 is 1. The van der Waals surface area contributed by atoms with E-state index < -0.39 is 36.3 Å². The molecule has 0 saturated carbocycles. The molecule has 1 unspecified atom stereocenters. The molecule has 1 amide bonds. The summed E-state index contributed by atoms with van der Waals surface area (Å²) in [6.45, 7) is 0. The van der Waals surface area contributed by atoms with E-state index in [1.54, 1.807) is 36.4 Å². The van der Waals surface area contributed by atoms with Crippen LogP contribution in [0.2, 0.25) is 0 Å². The average Bonchev–Trinajstić information content (AvgIpc) is 3.30. The largest absolute Gasteiger partial charge is 0.481 e. The number of carboxylic acid groups (broad SMARTS) is 2. The summed E-state index contributed by atoms with van der Waals surface area (Å²) in [7, 11) is 1.29. The van der Waals surface area contributed by atoms with Gasteiger partial charge in [0.15, 0.2) is 0 Å². The van der Waals surface area contributed by atoms with Gasteiger partial charge in [-0.1, -0.05) is 36.1 Å². The van der Waals surface area contributed by atoms with Crippen molar-refractivity contribution in [3.8, 4) is 11.3 Å². The van der Waals surface area contributed by atoms with E-state index in [0.29, 0.717) is 22.6 Å². The van der Waals surface area contributed by atoms with Crippen molar-refractivity contribution in [3.63, 3.8) is 0 Å². The lowest BCUT2D eigenvalue weighted by molar-refractivity contribution is -0.150. The zero-order valence-electron chi connectivity index (χ0n) is 15.9. The second-order valence-electron chi connectivity index (χ2n) is 6.27. The highest BCUT2D eigenvalue weighted by molar-refractivity contribution is 8.26. The van der Waals surface area contributed by atoms with Gasteiger partial charge in [0, 0.05) is 11.6 Å². The minimum absolute atomic E-state index is 0.0462. The number of rotatable bonds is 7. The first-order valence-electron chi connectivity index (χ1n) is 8.71. The molecule has 0 spiro atoms. The van der Waals surface area contributed by atoms with E-state index >= 15 is 0 Å². The van der Waals surface area contributed by atoms with Crippen molar-refractivity contribution in [2.75, 3.05) is 7.11 Å². The van der Waals surface area contributed by atoms with Crippen LogP contribution in [-0.2, 0) is 19.1 Å². The van der Waals surface area contributed by atoms with Crippen LogP contribution in [0.3, 0.4) is 0 Å². The molecule has 2 N–H and O–H groups in total. The summed E-state index contributed by atoms with van der Waals surface area (Å²) in [6, 6.07) is 8.21. The fraction of sp³-hybridized carbons (Fsp3) is 0.150. The van der Waals surface area contributed by atoms with Gasteiger partial charge in [0.1, 0.15) is 21.9 Å². The molecule has 1 aliphatic rings. The number of carboxylic acids is 2. The molecule has 31 heavy (non-hydrogen) atoms. The third kappa shape index (κ3) is 4.84. The minimum Gasteiger partial charge on any atom is -0.481 e. The predicted molar refractivity (Wildman–Crippen MR) is 114 cm³/mol. The number of esters is 1. The molecule has 160 valence electrons. The molecule has 2 aromatic rings. The van der Waals surface area contributed by atoms with Crippen LogP contribution in [0.15, 0.2) is 45.7 Å². The minimum atomic E-state index is -1.60. The Kier molecular flexibility index (Phi) is 6.56. The Bertz CT molecular complexity index is 1100. The van der Waals surface area contributed by atoms with Crippen molar-refractivity contribution in [1.29, 1.82) is 0 Å². The van der Waals surface area contributed by atoms with Crippen LogP contribution in [0.1, 0.15) is 22.5 Å². The summed E-state index contributed by atoms with van der Waals surface area (Å²) in [5.74, 6) is -3.19. The number of carbonyl (C=O) groups excluding carboxylic acids is 2. The van der Waals surface area contributed by atoms with Gasteiger partial charge >= 0.3 is 17.9 Å². The number of aliphatic carboxylic acids is 2. The maximum absolute atomic E-state index is 12.7. The second-order valence-corrected chi connectivity index (χ2v) is 7.95. The number of carbonyl (C=O) groups is 4. The number of benzene rings is 1. The molecule has 1 aromatic carbocycles. The lowest BCUT2D eigenvalue weighted by Crippen LogP contribution is -2.45. The number of amides is 1. The first-order valence-corrected chi connectivity index (χ1v) is 9.94.